The van der Waals surface area contributed by atoms with Crippen LogP contribution in [0.4, 0.5) is 4.39 Å². The molecule has 1 nitrogen and oxygen atoms in total. The molecule has 1 N–H and O–H groups in total. The van der Waals surface area contributed by atoms with Crippen LogP contribution in [0.1, 0.15) is 51.1 Å². The molecule has 1 atom stereocenters. The van der Waals surface area contributed by atoms with Crippen LogP contribution in [-0.4, -0.2) is 6.54 Å². The molecule has 19 heavy (non-hydrogen) atoms. The van der Waals surface area contributed by atoms with Crippen LogP contribution in [0.3, 0.4) is 0 Å². The lowest BCUT2D eigenvalue weighted by molar-refractivity contribution is 0.233. The van der Waals surface area contributed by atoms with Crippen molar-refractivity contribution in [1.29, 1.82) is 0 Å². The smallest absolute Gasteiger partial charge is 0.137 e. The summed E-state index contributed by atoms with van der Waals surface area (Å²) >= 11 is 3.30. The van der Waals surface area contributed by atoms with Crippen LogP contribution < -0.4 is 5.32 Å². The molecule has 1 saturated carbocycles. The molecular formula is C16H23BrFN. The third kappa shape index (κ3) is 3.79. The van der Waals surface area contributed by atoms with Gasteiger partial charge >= 0.3 is 0 Å². The van der Waals surface area contributed by atoms with Crippen LogP contribution in [-0.2, 0) is 0 Å². The van der Waals surface area contributed by atoms with E-state index in [2.05, 4.69) is 35.1 Å². The van der Waals surface area contributed by atoms with Crippen molar-refractivity contribution in [3.05, 3.63) is 34.1 Å². The summed E-state index contributed by atoms with van der Waals surface area (Å²) in [5, 5.41) is 3.59. The Balaban J connectivity index is 2.16. The maximum absolute atomic E-state index is 13.4. The van der Waals surface area contributed by atoms with Crippen molar-refractivity contribution in [2.45, 2.75) is 45.6 Å². The molecule has 1 fully saturated rings. The second-order valence-corrected chi connectivity index (χ2v) is 6.58. The van der Waals surface area contributed by atoms with Crippen LogP contribution in [0.25, 0.3) is 0 Å². The molecule has 0 bridgehead atoms. The first-order valence-electron chi connectivity index (χ1n) is 7.30. The highest BCUT2D eigenvalue weighted by molar-refractivity contribution is 9.10. The van der Waals surface area contributed by atoms with Gasteiger partial charge in [-0.05, 0) is 64.8 Å². The second-order valence-electron chi connectivity index (χ2n) is 5.73. The summed E-state index contributed by atoms with van der Waals surface area (Å²) < 4.78 is 13.9. The third-order valence-corrected chi connectivity index (χ3v) is 4.87. The second kappa shape index (κ2) is 6.85. The molecule has 1 unspecified atom stereocenters. The van der Waals surface area contributed by atoms with E-state index in [1.165, 1.54) is 31.2 Å². The van der Waals surface area contributed by atoms with E-state index in [9.17, 15) is 4.39 Å². The molecule has 1 aliphatic carbocycles. The average molecular weight is 328 g/mol. The van der Waals surface area contributed by atoms with Crippen LogP contribution in [0.2, 0.25) is 0 Å². The first kappa shape index (κ1) is 15.0. The van der Waals surface area contributed by atoms with Crippen LogP contribution >= 0.6 is 15.9 Å². The van der Waals surface area contributed by atoms with Gasteiger partial charge in [-0.15, -0.1) is 0 Å². The topological polar surface area (TPSA) is 12.0 Å². The number of rotatable bonds is 4. The van der Waals surface area contributed by atoms with Gasteiger partial charge in [0.2, 0.25) is 0 Å². The van der Waals surface area contributed by atoms with Gasteiger partial charge in [-0.1, -0.05) is 32.8 Å². The summed E-state index contributed by atoms with van der Waals surface area (Å²) in [6, 6.07) is 5.77. The summed E-state index contributed by atoms with van der Waals surface area (Å²) in [5.74, 6) is 1.35. The van der Waals surface area contributed by atoms with Gasteiger partial charge in [0.05, 0.1) is 4.47 Å². The summed E-state index contributed by atoms with van der Waals surface area (Å²) in [6.45, 7) is 5.43. The van der Waals surface area contributed by atoms with Gasteiger partial charge in [0, 0.05) is 6.04 Å². The first-order chi connectivity index (χ1) is 9.11. The SMILES string of the molecule is CCNC(c1ccc(F)c(Br)c1)C1CCC(C)CC1. The van der Waals surface area contributed by atoms with Crippen LogP contribution in [0.15, 0.2) is 22.7 Å². The lowest BCUT2D eigenvalue weighted by Gasteiger charge is -2.33. The number of benzene rings is 1. The molecule has 0 spiro atoms. The molecule has 0 radical (unpaired) electrons. The van der Waals surface area contributed by atoms with Crippen molar-refractivity contribution in [2.75, 3.05) is 6.54 Å². The van der Waals surface area contributed by atoms with Gasteiger partial charge in [-0.2, -0.15) is 0 Å². The summed E-state index contributed by atoms with van der Waals surface area (Å²) in [7, 11) is 0. The highest BCUT2D eigenvalue weighted by Crippen LogP contribution is 2.37. The Hall–Kier alpha value is -0.410. The van der Waals surface area contributed by atoms with E-state index in [4.69, 9.17) is 0 Å². The lowest BCUT2D eigenvalue weighted by atomic mass is 9.77. The lowest BCUT2D eigenvalue weighted by Crippen LogP contribution is -2.30. The van der Waals surface area contributed by atoms with Gasteiger partial charge in [0.25, 0.3) is 0 Å². The van der Waals surface area contributed by atoms with Crippen molar-refractivity contribution in [3.63, 3.8) is 0 Å². The molecule has 1 aromatic rings. The van der Waals surface area contributed by atoms with Crippen LogP contribution in [0.5, 0.6) is 0 Å². The quantitative estimate of drug-likeness (QED) is 0.814. The fraction of sp³-hybridized carbons (Fsp3) is 0.625. The van der Waals surface area contributed by atoms with Gasteiger partial charge in [-0.3, -0.25) is 0 Å². The summed E-state index contributed by atoms with van der Waals surface area (Å²) in [4.78, 5) is 0. The standard InChI is InChI=1S/C16H23BrFN/c1-3-19-16(12-6-4-11(2)5-7-12)13-8-9-15(18)14(17)10-13/h8-12,16,19H,3-7H2,1-2H3. The normalized spacial score (nSPS) is 25.3. The van der Waals surface area contributed by atoms with Crippen molar-refractivity contribution in [1.82, 2.24) is 5.32 Å². The maximum atomic E-state index is 13.4. The van der Waals surface area contributed by atoms with E-state index in [1.54, 1.807) is 6.07 Å². The highest BCUT2D eigenvalue weighted by Gasteiger charge is 2.26. The highest BCUT2D eigenvalue weighted by atomic mass is 79.9. The Bertz CT molecular complexity index is 413. The Morgan fingerprint density at radius 2 is 2.00 bits per heavy atom. The number of hydrogen-bond donors (Lipinski definition) is 1. The van der Waals surface area contributed by atoms with E-state index < -0.39 is 0 Å². The molecular weight excluding hydrogens is 305 g/mol. The first-order valence-corrected chi connectivity index (χ1v) is 8.09. The van der Waals surface area contributed by atoms with Crippen molar-refractivity contribution in [3.8, 4) is 0 Å². The Morgan fingerprint density at radius 1 is 1.32 bits per heavy atom. The predicted octanol–water partition coefficient (Wildman–Crippen LogP) is 5.07. The Kier molecular flexibility index (Phi) is 5.40. The van der Waals surface area contributed by atoms with Crippen molar-refractivity contribution >= 4 is 15.9 Å². The molecule has 106 valence electrons. The third-order valence-electron chi connectivity index (χ3n) is 4.26. The Labute approximate surface area is 124 Å². The minimum absolute atomic E-state index is 0.184. The van der Waals surface area contributed by atoms with E-state index in [0.29, 0.717) is 16.4 Å². The van der Waals surface area contributed by atoms with E-state index in [0.717, 1.165) is 12.5 Å². The fourth-order valence-electron chi connectivity index (χ4n) is 3.10. The average Bonchev–Trinajstić information content (AvgIpc) is 2.41. The molecule has 0 saturated heterocycles. The number of nitrogens with one attached hydrogen (secondary N) is 1. The molecule has 0 amide bonds. The molecule has 0 heterocycles. The fourth-order valence-corrected chi connectivity index (χ4v) is 3.50. The van der Waals surface area contributed by atoms with E-state index in [1.807, 2.05) is 12.1 Å². The Morgan fingerprint density at radius 3 is 2.58 bits per heavy atom. The van der Waals surface area contributed by atoms with E-state index >= 15 is 0 Å². The van der Waals surface area contributed by atoms with Gasteiger partial charge in [-0.25, -0.2) is 4.39 Å². The van der Waals surface area contributed by atoms with Gasteiger partial charge in [0.15, 0.2) is 0 Å². The largest absolute Gasteiger partial charge is 0.310 e. The molecule has 2 rings (SSSR count). The number of hydrogen-bond acceptors (Lipinski definition) is 1. The molecule has 0 aromatic heterocycles. The van der Waals surface area contributed by atoms with Crippen molar-refractivity contribution < 1.29 is 4.39 Å². The minimum atomic E-state index is -0.184. The molecule has 1 aromatic carbocycles. The maximum Gasteiger partial charge on any atom is 0.137 e. The number of halogens is 2. The zero-order valence-corrected chi connectivity index (χ0v) is 13.3. The molecule has 3 heteroatoms. The van der Waals surface area contributed by atoms with Crippen LogP contribution in [0, 0.1) is 17.7 Å². The zero-order valence-electron chi connectivity index (χ0n) is 11.8. The monoisotopic (exact) mass is 327 g/mol. The molecule has 1 aliphatic rings. The van der Waals surface area contributed by atoms with Crippen molar-refractivity contribution in [2.24, 2.45) is 11.8 Å². The predicted molar refractivity (Wildman–Crippen MR) is 81.6 cm³/mol. The van der Waals surface area contributed by atoms with Gasteiger partial charge < -0.3 is 5.32 Å². The zero-order chi connectivity index (χ0) is 13.8. The molecule has 0 aliphatic heterocycles. The summed E-state index contributed by atoms with van der Waals surface area (Å²) in [6.07, 6.45) is 5.17. The minimum Gasteiger partial charge on any atom is -0.310 e. The summed E-state index contributed by atoms with van der Waals surface area (Å²) in [5.41, 5.74) is 1.20. The van der Waals surface area contributed by atoms with Gasteiger partial charge in [0.1, 0.15) is 5.82 Å². The van der Waals surface area contributed by atoms with E-state index in [-0.39, 0.29) is 5.82 Å².